The second-order valence-electron chi connectivity index (χ2n) is 1.15. The van der Waals surface area contributed by atoms with E-state index in [1.54, 1.807) is 0 Å². The van der Waals surface area contributed by atoms with E-state index < -0.39 is 0 Å². The van der Waals surface area contributed by atoms with Crippen LogP contribution in [0.1, 0.15) is 12.8 Å². The second kappa shape index (κ2) is 9.82. The summed E-state index contributed by atoms with van der Waals surface area (Å²) < 4.78 is 0. The predicted octanol–water partition coefficient (Wildman–Crippen LogP) is 0.369. The molecular weight excluding hydrogens is 207 g/mol. The zero-order chi connectivity index (χ0) is 4.83. The molecule has 0 bridgehead atoms. The molecule has 0 unspecified atom stereocenters. The van der Waals surface area contributed by atoms with Gasteiger partial charge >= 0.3 is 0 Å². The third-order valence-electron chi connectivity index (χ3n) is 0.566. The summed E-state index contributed by atoms with van der Waals surface area (Å²) >= 11 is 0. The highest BCUT2D eigenvalue weighted by molar-refractivity contribution is 14.0. The fourth-order valence-corrected chi connectivity index (χ4v) is 0.224. The summed E-state index contributed by atoms with van der Waals surface area (Å²) in [5, 5.41) is 16.2. The minimum Gasteiger partial charge on any atom is -0.396 e. The average Bonchev–Trinajstić information content (AvgIpc) is 1.61. The van der Waals surface area contributed by atoms with Gasteiger partial charge in [0, 0.05) is 13.2 Å². The highest BCUT2D eigenvalue weighted by Crippen LogP contribution is 1.80. The van der Waals surface area contributed by atoms with Crippen molar-refractivity contribution in [1.82, 2.24) is 0 Å². The summed E-state index contributed by atoms with van der Waals surface area (Å²) in [4.78, 5) is 0. The van der Waals surface area contributed by atoms with Gasteiger partial charge in [-0.25, -0.2) is 0 Å². The molecule has 0 aromatic rings. The Bertz CT molecular complexity index is 21.7. The molecule has 0 amide bonds. The summed E-state index contributed by atoms with van der Waals surface area (Å²) in [5.74, 6) is 0. The molecule has 0 radical (unpaired) electrons. The van der Waals surface area contributed by atoms with E-state index in [1.165, 1.54) is 0 Å². The van der Waals surface area contributed by atoms with Gasteiger partial charge in [-0.2, -0.15) is 0 Å². The number of aliphatic hydroxyl groups is 2. The van der Waals surface area contributed by atoms with Gasteiger partial charge in [-0.1, -0.05) is 0 Å². The van der Waals surface area contributed by atoms with Gasteiger partial charge in [-0.05, 0) is 12.8 Å². The van der Waals surface area contributed by atoms with Gasteiger partial charge < -0.3 is 10.2 Å². The lowest BCUT2D eigenvalue weighted by Crippen LogP contribution is -1.85. The van der Waals surface area contributed by atoms with Crippen molar-refractivity contribution in [2.24, 2.45) is 0 Å². The lowest BCUT2D eigenvalue weighted by atomic mass is 10.3. The summed E-state index contributed by atoms with van der Waals surface area (Å²) in [6.45, 7) is 0.390. The smallest absolute Gasteiger partial charge is 0.0431 e. The molecule has 0 aliphatic carbocycles. The average molecular weight is 218 g/mol. The molecule has 0 aliphatic rings. The first-order valence-electron chi connectivity index (χ1n) is 2.13. The summed E-state index contributed by atoms with van der Waals surface area (Å²) in [6.07, 6.45) is 1.44. The largest absolute Gasteiger partial charge is 0.396 e. The molecule has 0 aromatic carbocycles. The van der Waals surface area contributed by atoms with Crippen molar-refractivity contribution >= 4 is 24.0 Å². The highest BCUT2D eigenvalue weighted by atomic mass is 127. The van der Waals surface area contributed by atoms with Crippen molar-refractivity contribution in [2.75, 3.05) is 13.2 Å². The highest BCUT2D eigenvalue weighted by Gasteiger charge is 1.77. The van der Waals surface area contributed by atoms with Crippen LogP contribution in [0.2, 0.25) is 0 Å². The zero-order valence-electron chi connectivity index (χ0n) is 4.13. The van der Waals surface area contributed by atoms with Crippen LogP contribution in [0.15, 0.2) is 0 Å². The van der Waals surface area contributed by atoms with Crippen LogP contribution in [0.3, 0.4) is 0 Å². The summed E-state index contributed by atoms with van der Waals surface area (Å²) in [7, 11) is 0. The molecule has 0 saturated carbocycles. The Morgan fingerprint density at radius 2 is 1.14 bits per heavy atom. The van der Waals surface area contributed by atoms with E-state index in [1.807, 2.05) is 0 Å². The molecule has 0 fully saturated rings. The molecule has 46 valence electrons. The molecule has 0 atom stereocenters. The van der Waals surface area contributed by atoms with Crippen LogP contribution in [0, 0.1) is 0 Å². The first kappa shape index (κ1) is 10.6. The Morgan fingerprint density at radius 1 is 0.857 bits per heavy atom. The first-order valence-corrected chi connectivity index (χ1v) is 2.13. The number of halogens is 1. The fourth-order valence-electron chi connectivity index (χ4n) is 0.224. The normalized spacial score (nSPS) is 7.71. The SMILES string of the molecule is I.OCCCCO. The molecule has 2 N–H and O–H groups in total. The van der Waals surface area contributed by atoms with Gasteiger partial charge in [-0.3, -0.25) is 0 Å². The monoisotopic (exact) mass is 218 g/mol. The third kappa shape index (κ3) is 10.8. The van der Waals surface area contributed by atoms with E-state index in [2.05, 4.69) is 0 Å². The van der Waals surface area contributed by atoms with E-state index >= 15 is 0 Å². The maximum absolute atomic E-state index is 8.09. The van der Waals surface area contributed by atoms with Crippen LogP contribution in [0.4, 0.5) is 0 Å². The van der Waals surface area contributed by atoms with E-state index in [4.69, 9.17) is 10.2 Å². The molecule has 0 rings (SSSR count). The first-order chi connectivity index (χ1) is 2.91. The summed E-state index contributed by atoms with van der Waals surface area (Å²) in [6, 6.07) is 0. The van der Waals surface area contributed by atoms with Crippen molar-refractivity contribution in [3.8, 4) is 0 Å². The lowest BCUT2D eigenvalue weighted by Gasteiger charge is -1.85. The molecule has 7 heavy (non-hydrogen) atoms. The molecule has 3 heteroatoms. The molecule has 2 nitrogen and oxygen atoms in total. The quantitative estimate of drug-likeness (QED) is 0.530. The number of aliphatic hydroxyl groups excluding tert-OH is 2. The maximum Gasteiger partial charge on any atom is 0.0431 e. The topological polar surface area (TPSA) is 40.5 Å². The third-order valence-corrected chi connectivity index (χ3v) is 0.566. The van der Waals surface area contributed by atoms with Crippen molar-refractivity contribution in [3.63, 3.8) is 0 Å². The predicted molar refractivity (Wildman–Crippen MR) is 38.8 cm³/mol. The van der Waals surface area contributed by atoms with Gasteiger partial charge in [0.2, 0.25) is 0 Å². The van der Waals surface area contributed by atoms with Gasteiger partial charge in [0.25, 0.3) is 0 Å². The van der Waals surface area contributed by atoms with Crippen LogP contribution in [0.5, 0.6) is 0 Å². The summed E-state index contributed by atoms with van der Waals surface area (Å²) in [5.41, 5.74) is 0. The number of unbranched alkanes of at least 4 members (excludes halogenated alkanes) is 1. The number of hydrogen-bond acceptors (Lipinski definition) is 2. The van der Waals surface area contributed by atoms with Gasteiger partial charge in [0.1, 0.15) is 0 Å². The van der Waals surface area contributed by atoms with E-state index in [0.29, 0.717) is 0 Å². The Hall–Kier alpha value is 0.650. The van der Waals surface area contributed by atoms with Gasteiger partial charge in [0.15, 0.2) is 0 Å². The van der Waals surface area contributed by atoms with Crippen LogP contribution < -0.4 is 0 Å². The fraction of sp³-hybridized carbons (Fsp3) is 1.00. The van der Waals surface area contributed by atoms with E-state index in [-0.39, 0.29) is 37.2 Å². The van der Waals surface area contributed by atoms with Gasteiger partial charge in [0.05, 0.1) is 0 Å². The Morgan fingerprint density at radius 3 is 1.29 bits per heavy atom. The van der Waals surface area contributed by atoms with Crippen LogP contribution in [0.25, 0.3) is 0 Å². The molecule has 0 aromatic heterocycles. The number of rotatable bonds is 3. The second-order valence-corrected chi connectivity index (χ2v) is 1.15. The molecule has 0 saturated heterocycles. The van der Waals surface area contributed by atoms with Crippen LogP contribution in [-0.2, 0) is 0 Å². The lowest BCUT2D eigenvalue weighted by molar-refractivity contribution is 0.242. The van der Waals surface area contributed by atoms with Crippen molar-refractivity contribution in [1.29, 1.82) is 0 Å². The van der Waals surface area contributed by atoms with E-state index in [0.717, 1.165) is 12.8 Å². The number of hydrogen-bond donors (Lipinski definition) is 2. The van der Waals surface area contributed by atoms with Crippen molar-refractivity contribution in [3.05, 3.63) is 0 Å². The van der Waals surface area contributed by atoms with E-state index in [9.17, 15) is 0 Å². The zero-order valence-corrected chi connectivity index (χ0v) is 6.46. The Balaban J connectivity index is 0. The van der Waals surface area contributed by atoms with Crippen LogP contribution in [-0.4, -0.2) is 23.4 Å². The standard InChI is InChI=1S/C4H10O2.HI/c5-3-1-2-4-6;/h5-6H,1-4H2;1H. The van der Waals surface area contributed by atoms with Gasteiger partial charge in [-0.15, -0.1) is 24.0 Å². The Labute approximate surface area is 60.6 Å². The van der Waals surface area contributed by atoms with Crippen molar-refractivity contribution in [2.45, 2.75) is 12.8 Å². The molecule has 0 aliphatic heterocycles. The molecule has 0 heterocycles. The Kier molecular flexibility index (Phi) is 14.9. The van der Waals surface area contributed by atoms with Crippen molar-refractivity contribution < 1.29 is 10.2 Å². The van der Waals surface area contributed by atoms with Crippen LogP contribution >= 0.6 is 24.0 Å². The minimum absolute atomic E-state index is 0. The molecule has 0 spiro atoms. The molecular formula is C4H11IO2. The minimum atomic E-state index is 0. The maximum atomic E-state index is 8.09.